The molecule has 25 heavy (non-hydrogen) atoms. The first-order valence-electron chi connectivity index (χ1n) is 7.88. The Hall–Kier alpha value is -2.93. The van der Waals surface area contributed by atoms with Gasteiger partial charge in [-0.1, -0.05) is 30.3 Å². The molecule has 7 nitrogen and oxygen atoms in total. The molecule has 0 aliphatic heterocycles. The van der Waals surface area contributed by atoms with Gasteiger partial charge in [0.1, 0.15) is 6.54 Å². The fourth-order valence-electron chi connectivity index (χ4n) is 2.59. The molecule has 2 aromatic rings. The maximum atomic E-state index is 12.3. The van der Waals surface area contributed by atoms with Gasteiger partial charge in [0.15, 0.2) is 12.3 Å². The fraction of sp³-hybridized carbons (Fsp3) is 0.278. The van der Waals surface area contributed by atoms with Gasteiger partial charge in [0, 0.05) is 23.4 Å². The van der Waals surface area contributed by atoms with E-state index in [0.717, 1.165) is 17.0 Å². The molecule has 1 amide bonds. The highest BCUT2D eigenvalue weighted by atomic mass is 16.6. The second-order valence-corrected chi connectivity index (χ2v) is 5.94. The molecule has 2 rings (SSSR count). The molecule has 0 fully saturated rings. The standard InChI is InChI=1S/C18H21N3O4/c1-13-9-16(21(23)24)17(25-3)10-15(13)19-18(22)12-20(2)11-14-7-5-4-6-8-14/h4-10H,11-12H2,1-3H3,(H,19,22)/p+1. The van der Waals surface area contributed by atoms with Gasteiger partial charge in [-0.05, 0) is 12.5 Å². The molecule has 0 aliphatic carbocycles. The molecule has 1 unspecified atom stereocenters. The second kappa shape index (κ2) is 8.25. The van der Waals surface area contributed by atoms with Crippen LogP contribution in [0.4, 0.5) is 11.4 Å². The number of nitro benzene ring substituents is 1. The van der Waals surface area contributed by atoms with Crippen molar-refractivity contribution in [2.45, 2.75) is 13.5 Å². The molecule has 0 aliphatic rings. The summed E-state index contributed by atoms with van der Waals surface area (Å²) in [7, 11) is 3.30. The molecule has 0 bridgehead atoms. The largest absolute Gasteiger partial charge is 0.490 e. The van der Waals surface area contributed by atoms with E-state index < -0.39 is 4.92 Å². The summed E-state index contributed by atoms with van der Waals surface area (Å²) >= 11 is 0. The second-order valence-electron chi connectivity index (χ2n) is 5.94. The van der Waals surface area contributed by atoms with Crippen LogP contribution < -0.4 is 15.0 Å². The lowest BCUT2D eigenvalue weighted by atomic mass is 10.1. The van der Waals surface area contributed by atoms with Crippen LogP contribution in [0.15, 0.2) is 42.5 Å². The maximum absolute atomic E-state index is 12.3. The Morgan fingerprint density at radius 3 is 2.56 bits per heavy atom. The molecule has 0 saturated heterocycles. The van der Waals surface area contributed by atoms with Gasteiger partial charge in [-0.15, -0.1) is 0 Å². The highest BCUT2D eigenvalue weighted by Crippen LogP contribution is 2.32. The van der Waals surface area contributed by atoms with E-state index in [9.17, 15) is 14.9 Å². The molecular formula is C18H22N3O4+. The summed E-state index contributed by atoms with van der Waals surface area (Å²) in [4.78, 5) is 23.8. The van der Waals surface area contributed by atoms with E-state index in [1.165, 1.54) is 19.2 Å². The number of hydrogen-bond acceptors (Lipinski definition) is 4. The van der Waals surface area contributed by atoms with Gasteiger partial charge in [0.05, 0.1) is 19.1 Å². The Morgan fingerprint density at radius 2 is 1.96 bits per heavy atom. The van der Waals surface area contributed by atoms with E-state index in [2.05, 4.69) is 5.32 Å². The molecule has 2 aromatic carbocycles. The smallest absolute Gasteiger partial charge is 0.311 e. The van der Waals surface area contributed by atoms with Crippen molar-refractivity contribution >= 4 is 17.3 Å². The highest BCUT2D eigenvalue weighted by Gasteiger charge is 2.19. The number of carbonyl (C=O) groups excluding carboxylic acids is 1. The van der Waals surface area contributed by atoms with Crippen LogP contribution in [-0.2, 0) is 11.3 Å². The van der Waals surface area contributed by atoms with Crippen molar-refractivity contribution in [3.05, 3.63) is 63.7 Å². The van der Waals surface area contributed by atoms with Crippen LogP contribution in [0.2, 0.25) is 0 Å². The number of hydrogen-bond donors (Lipinski definition) is 2. The lowest BCUT2D eigenvalue weighted by Crippen LogP contribution is -3.08. The number of carbonyl (C=O) groups is 1. The quantitative estimate of drug-likeness (QED) is 0.590. The van der Waals surface area contributed by atoms with Crippen molar-refractivity contribution in [3.63, 3.8) is 0 Å². The van der Waals surface area contributed by atoms with Crippen LogP contribution >= 0.6 is 0 Å². The molecule has 0 aromatic heterocycles. The van der Waals surface area contributed by atoms with E-state index in [-0.39, 0.29) is 23.9 Å². The Labute approximate surface area is 146 Å². The Kier molecular flexibility index (Phi) is 6.08. The van der Waals surface area contributed by atoms with E-state index in [4.69, 9.17) is 4.74 Å². The molecule has 1 atom stereocenters. The molecule has 7 heteroatoms. The van der Waals surface area contributed by atoms with Gasteiger partial charge in [0.25, 0.3) is 5.91 Å². The van der Waals surface area contributed by atoms with Gasteiger partial charge in [-0.25, -0.2) is 0 Å². The van der Waals surface area contributed by atoms with Gasteiger partial charge in [-0.2, -0.15) is 0 Å². The SMILES string of the molecule is COc1cc(NC(=O)C[NH+](C)Cc2ccccc2)c(C)cc1[N+](=O)[O-]. The predicted octanol–water partition coefficient (Wildman–Crippen LogP) is 1.57. The number of rotatable bonds is 7. The van der Waals surface area contributed by atoms with Gasteiger partial charge in [-0.3, -0.25) is 14.9 Å². The zero-order valence-corrected chi connectivity index (χ0v) is 14.5. The van der Waals surface area contributed by atoms with Gasteiger partial charge >= 0.3 is 5.69 Å². The monoisotopic (exact) mass is 344 g/mol. The number of nitro groups is 1. The number of anilines is 1. The molecule has 132 valence electrons. The van der Waals surface area contributed by atoms with Crippen molar-refractivity contribution in [2.75, 3.05) is 26.0 Å². The fourth-order valence-corrected chi connectivity index (χ4v) is 2.59. The number of amides is 1. The minimum atomic E-state index is -0.505. The number of nitrogens with one attached hydrogen (secondary N) is 2. The third-order valence-corrected chi connectivity index (χ3v) is 3.81. The Bertz CT molecular complexity index is 762. The molecule has 0 radical (unpaired) electrons. The average Bonchev–Trinajstić information content (AvgIpc) is 2.56. The zero-order valence-electron chi connectivity index (χ0n) is 14.5. The topological polar surface area (TPSA) is 85.9 Å². The van der Waals surface area contributed by atoms with Crippen molar-refractivity contribution < 1.29 is 19.4 Å². The summed E-state index contributed by atoms with van der Waals surface area (Å²) in [5.74, 6) is -0.0386. The number of benzene rings is 2. The summed E-state index contributed by atoms with van der Waals surface area (Å²) < 4.78 is 5.05. The third-order valence-electron chi connectivity index (χ3n) is 3.81. The normalized spacial score (nSPS) is 11.6. The molecular weight excluding hydrogens is 322 g/mol. The van der Waals surface area contributed by atoms with Crippen LogP contribution in [0.25, 0.3) is 0 Å². The minimum absolute atomic E-state index is 0.121. The van der Waals surface area contributed by atoms with Crippen LogP contribution in [0.5, 0.6) is 5.75 Å². The van der Waals surface area contributed by atoms with Crippen LogP contribution in [0.1, 0.15) is 11.1 Å². The molecule has 2 N–H and O–H groups in total. The third kappa shape index (κ3) is 5.02. The number of quaternary nitrogens is 1. The van der Waals surface area contributed by atoms with Crippen molar-refractivity contribution in [1.82, 2.24) is 0 Å². The Balaban J connectivity index is 2.03. The first kappa shape index (κ1) is 18.4. The van der Waals surface area contributed by atoms with E-state index >= 15 is 0 Å². The van der Waals surface area contributed by atoms with E-state index in [1.54, 1.807) is 6.92 Å². The van der Waals surface area contributed by atoms with E-state index in [1.807, 2.05) is 37.4 Å². The first-order valence-corrected chi connectivity index (χ1v) is 7.88. The predicted molar refractivity (Wildman–Crippen MR) is 94.9 cm³/mol. The number of methoxy groups -OCH3 is 1. The molecule has 0 spiro atoms. The van der Waals surface area contributed by atoms with Crippen molar-refractivity contribution in [2.24, 2.45) is 0 Å². The summed E-state index contributed by atoms with van der Waals surface area (Å²) in [6.07, 6.45) is 0. The maximum Gasteiger partial charge on any atom is 0.311 e. The number of aryl methyl sites for hydroxylation is 1. The molecule has 0 heterocycles. The minimum Gasteiger partial charge on any atom is -0.490 e. The molecule has 0 saturated carbocycles. The summed E-state index contributed by atoms with van der Waals surface area (Å²) in [5, 5.41) is 13.8. The van der Waals surface area contributed by atoms with Crippen LogP contribution in [0.3, 0.4) is 0 Å². The van der Waals surface area contributed by atoms with Crippen molar-refractivity contribution in [1.29, 1.82) is 0 Å². The lowest BCUT2D eigenvalue weighted by Gasteiger charge is -2.15. The zero-order chi connectivity index (χ0) is 18.4. The average molecular weight is 344 g/mol. The highest BCUT2D eigenvalue weighted by molar-refractivity contribution is 5.92. The van der Waals surface area contributed by atoms with Crippen LogP contribution in [-0.4, -0.2) is 31.5 Å². The van der Waals surface area contributed by atoms with Crippen molar-refractivity contribution in [3.8, 4) is 5.75 Å². The summed E-state index contributed by atoms with van der Waals surface area (Å²) in [6.45, 7) is 2.73. The summed E-state index contributed by atoms with van der Waals surface area (Å²) in [6, 6.07) is 12.8. The summed E-state index contributed by atoms with van der Waals surface area (Å²) in [5.41, 5.74) is 2.16. The number of nitrogens with zero attached hydrogens (tertiary/aromatic N) is 1. The first-order chi connectivity index (χ1) is 11.9. The Morgan fingerprint density at radius 1 is 1.28 bits per heavy atom. The van der Waals surface area contributed by atoms with E-state index in [0.29, 0.717) is 11.3 Å². The van der Waals surface area contributed by atoms with Gasteiger partial charge in [0.2, 0.25) is 0 Å². The number of ether oxygens (including phenoxy) is 1. The van der Waals surface area contributed by atoms with Gasteiger partial charge < -0.3 is 15.0 Å². The number of likely N-dealkylation sites (N-methyl/N-ethyl adjacent to an activating group) is 1. The lowest BCUT2D eigenvalue weighted by molar-refractivity contribution is -0.885. The van der Waals surface area contributed by atoms with Crippen LogP contribution in [0, 0.1) is 17.0 Å².